The van der Waals surface area contributed by atoms with Crippen LogP contribution in [0.2, 0.25) is 0 Å². The smallest absolute Gasteiger partial charge is 0.0634 e. The van der Waals surface area contributed by atoms with Crippen LogP contribution in [0.25, 0.3) is 10.8 Å². The first-order chi connectivity index (χ1) is 10.2. The van der Waals surface area contributed by atoms with Gasteiger partial charge in [0.2, 0.25) is 0 Å². The van der Waals surface area contributed by atoms with Crippen LogP contribution in [0.3, 0.4) is 0 Å². The van der Waals surface area contributed by atoms with E-state index in [1.165, 1.54) is 33.0 Å². The van der Waals surface area contributed by atoms with E-state index in [0.717, 1.165) is 6.42 Å². The van der Waals surface area contributed by atoms with Gasteiger partial charge in [0.05, 0.1) is 5.38 Å². The van der Waals surface area contributed by atoms with Crippen LogP contribution in [-0.2, 0) is 6.42 Å². The molecule has 0 heterocycles. The lowest BCUT2D eigenvalue weighted by Gasteiger charge is -2.17. The van der Waals surface area contributed by atoms with E-state index in [2.05, 4.69) is 74.5 Å². The van der Waals surface area contributed by atoms with E-state index in [0.29, 0.717) is 0 Å². The summed E-state index contributed by atoms with van der Waals surface area (Å²) >= 11 is 6.80. The Balaban J connectivity index is 2.04. The van der Waals surface area contributed by atoms with E-state index in [-0.39, 0.29) is 5.38 Å². The molecule has 0 bridgehead atoms. The van der Waals surface area contributed by atoms with Gasteiger partial charge in [-0.3, -0.25) is 0 Å². The summed E-state index contributed by atoms with van der Waals surface area (Å²) in [5.41, 5.74) is 5.16. The number of rotatable bonds is 3. The fraction of sp³-hybridized carbons (Fsp3) is 0.200. The molecule has 0 aliphatic carbocycles. The number of halogens is 1. The zero-order valence-electron chi connectivity index (χ0n) is 12.4. The third-order valence-electron chi connectivity index (χ3n) is 4.16. The molecule has 106 valence electrons. The molecule has 3 aromatic carbocycles. The number of fused-ring (bicyclic) bond motifs is 1. The minimum Gasteiger partial charge on any atom is -0.117 e. The van der Waals surface area contributed by atoms with Gasteiger partial charge in [-0.15, -0.1) is 11.6 Å². The van der Waals surface area contributed by atoms with Gasteiger partial charge in [-0.05, 0) is 53.3 Å². The molecular formula is C20H19Cl. The van der Waals surface area contributed by atoms with Crippen LogP contribution in [0.5, 0.6) is 0 Å². The first-order valence-corrected chi connectivity index (χ1v) is 7.77. The van der Waals surface area contributed by atoms with E-state index in [1.54, 1.807) is 0 Å². The summed E-state index contributed by atoms with van der Waals surface area (Å²) in [6, 6.07) is 21.3. The average Bonchev–Trinajstić information content (AvgIpc) is 2.49. The van der Waals surface area contributed by atoms with Crippen LogP contribution in [0, 0.1) is 13.8 Å². The Labute approximate surface area is 131 Å². The summed E-state index contributed by atoms with van der Waals surface area (Å²) in [6.45, 7) is 4.30. The highest BCUT2D eigenvalue weighted by atomic mass is 35.5. The number of aryl methyl sites for hydroxylation is 2. The summed E-state index contributed by atoms with van der Waals surface area (Å²) in [7, 11) is 0. The second-order valence-corrected chi connectivity index (χ2v) is 6.14. The molecule has 0 saturated heterocycles. The highest BCUT2D eigenvalue weighted by Crippen LogP contribution is 2.34. The van der Waals surface area contributed by atoms with E-state index in [1.807, 2.05) is 0 Å². The molecule has 0 N–H and O–H groups in total. The molecule has 3 aromatic rings. The maximum Gasteiger partial charge on any atom is 0.0634 e. The second kappa shape index (κ2) is 5.91. The van der Waals surface area contributed by atoms with Gasteiger partial charge in [-0.25, -0.2) is 0 Å². The quantitative estimate of drug-likeness (QED) is 0.521. The number of benzene rings is 3. The van der Waals surface area contributed by atoms with Gasteiger partial charge < -0.3 is 0 Å². The molecule has 1 heteroatoms. The van der Waals surface area contributed by atoms with Crippen LogP contribution in [0.4, 0.5) is 0 Å². The molecular weight excluding hydrogens is 276 g/mol. The van der Waals surface area contributed by atoms with E-state index < -0.39 is 0 Å². The van der Waals surface area contributed by atoms with E-state index >= 15 is 0 Å². The van der Waals surface area contributed by atoms with E-state index in [9.17, 15) is 0 Å². The Morgan fingerprint density at radius 3 is 2.33 bits per heavy atom. The zero-order valence-corrected chi connectivity index (χ0v) is 13.2. The van der Waals surface area contributed by atoms with Gasteiger partial charge in [0, 0.05) is 0 Å². The molecule has 0 amide bonds. The van der Waals surface area contributed by atoms with Crippen molar-refractivity contribution in [2.75, 3.05) is 0 Å². The molecule has 21 heavy (non-hydrogen) atoms. The van der Waals surface area contributed by atoms with Crippen LogP contribution < -0.4 is 0 Å². The number of alkyl halides is 1. The molecule has 1 atom stereocenters. The van der Waals surface area contributed by atoms with Gasteiger partial charge in [0.25, 0.3) is 0 Å². The van der Waals surface area contributed by atoms with Crippen molar-refractivity contribution in [3.63, 3.8) is 0 Å². The van der Waals surface area contributed by atoms with Gasteiger partial charge >= 0.3 is 0 Å². The molecule has 0 aliphatic rings. The van der Waals surface area contributed by atoms with Crippen molar-refractivity contribution < 1.29 is 0 Å². The van der Waals surface area contributed by atoms with Gasteiger partial charge in [-0.1, -0.05) is 60.7 Å². The minimum atomic E-state index is -0.00259. The van der Waals surface area contributed by atoms with Crippen molar-refractivity contribution >= 4 is 22.4 Å². The van der Waals surface area contributed by atoms with Crippen LogP contribution >= 0.6 is 11.6 Å². The lowest BCUT2D eigenvalue weighted by atomic mass is 9.93. The van der Waals surface area contributed by atoms with Crippen LogP contribution in [0.15, 0.2) is 60.7 Å². The second-order valence-electron chi connectivity index (χ2n) is 5.62. The molecule has 0 aromatic heterocycles. The van der Waals surface area contributed by atoms with Crippen molar-refractivity contribution in [3.8, 4) is 0 Å². The fourth-order valence-corrected chi connectivity index (χ4v) is 3.41. The fourth-order valence-electron chi connectivity index (χ4n) is 2.95. The summed E-state index contributed by atoms with van der Waals surface area (Å²) < 4.78 is 0. The highest BCUT2D eigenvalue weighted by molar-refractivity contribution is 6.22. The third kappa shape index (κ3) is 2.82. The van der Waals surface area contributed by atoms with Crippen molar-refractivity contribution in [1.82, 2.24) is 0 Å². The maximum atomic E-state index is 6.80. The SMILES string of the molecule is Cc1ccccc1CC(Cl)c1c(C)ccc2ccccc12. The van der Waals surface area contributed by atoms with Crippen molar-refractivity contribution in [1.29, 1.82) is 0 Å². The summed E-state index contributed by atoms with van der Waals surface area (Å²) in [5, 5.41) is 2.52. The first kappa shape index (κ1) is 14.2. The zero-order chi connectivity index (χ0) is 14.8. The predicted octanol–water partition coefficient (Wildman–Crippen LogP) is 5.98. The molecule has 0 saturated carbocycles. The molecule has 0 aliphatic heterocycles. The average molecular weight is 295 g/mol. The Kier molecular flexibility index (Phi) is 3.98. The van der Waals surface area contributed by atoms with Gasteiger partial charge in [0.1, 0.15) is 0 Å². The van der Waals surface area contributed by atoms with Crippen molar-refractivity contribution in [3.05, 3.63) is 82.9 Å². The predicted molar refractivity (Wildman–Crippen MR) is 92.2 cm³/mol. The lowest BCUT2D eigenvalue weighted by molar-refractivity contribution is 0.910. The van der Waals surface area contributed by atoms with E-state index in [4.69, 9.17) is 11.6 Å². The standard InChI is InChI=1S/C20H19Cl/c1-14-7-3-4-9-17(14)13-19(21)20-15(2)11-12-16-8-5-6-10-18(16)20/h3-12,19H,13H2,1-2H3. The summed E-state index contributed by atoms with van der Waals surface area (Å²) in [4.78, 5) is 0. The Hall–Kier alpha value is -1.79. The van der Waals surface area contributed by atoms with Gasteiger partial charge in [-0.2, -0.15) is 0 Å². The Bertz CT molecular complexity index is 774. The van der Waals surface area contributed by atoms with Gasteiger partial charge in [0.15, 0.2) is 0 Å². The first-order valence-electron chi connectivity index (χ1n) is 7.33. The summed E-state index contributed by atoms with van der Waals surface area (Å²) in [6.07, 6.45) is 0.864. The topological polar surface area (TPSA) is 0 Å². The lowest BCUT2D eigenvalue weighted by Crippen LogP contribution is -2.01. The number of hydrogen-bond donors (Lipinski definition) is 0. The molecule has 0 spiro atoms. The third-order valence-corrected chi connectivity index (χ3v) is 4.53. The number of hydrogen-bond acceptors (Lipinski definition) is 0. The van der Waals surface area contributed by atoms with Crippen LogP contribution in [-0.4, -0.2) is 0 Å². The molecule has 0 nitrogen and oxygen atoms in total. The minimum absolute atomic E-state index is 0.00259. The van der Waals surface area contributed by atoms with Crippen molar-refractivity contribution in [2.24, 2.45) is 0 Å². The molecule has 3 rings (SSSR count). The normalized spacial score (nSPS) is 12.5. The molecule has 0 radical (unpaired) electrons. The molecule has 0 fully saturated rings. The maximum absolute atomic E-state index is 6.80. The largest absolute Gasteiger partial charge is 0.117 e. The summed E-state index contributed by atoms with van der Waals surface area (Å²) in [5.74, 6) is 0. The van der Waals surface area contributed by atoms with Crippen molar-refractivity contribution in [2.45, 2.75) is 25.6 Å². The monoisotopic (exact) mass is 294 g/mol. The highest BCUT2D eigenvalue weighted by Gasteiger charge is 2.15. The Morgan fingerprint density at radius 2 is 1.52 bits per heavy atom. The molecule has 1 unspecified atom stereocenters. The Morgan fingerprint density at radius 1 is 0.810 bits per heavy atom. The van der Waals surface area contributed by atoms with Crippen LogP contribution in [0.1, 0.15) is 27.6 Å².